The van der Waals surface area contributed by atoms with Crippen molar-refractivity contribution in [3.8, 4) is 0 Å². The van der Waals surface area contributed by atoms with Crippen molar-refractivity contribution in [3.63, 3.8) is 0 Å². The molecule has 0 aliphatic heterocycles. The summed E-state index contributed by atoms with van der Waals surface area (Å²) in [5, 5.41) is 0. The van der Waals surface area contributed by atoms with E-state index in [1.807, 2.05) is 30.3 Å². The fourth-order valence-corrected chi connectivity index (χ4v) is 5.29. The van der Waals surface area contributed by atoms with Crippen molar-refractivity contribution < 1.29 is 0 Å². The number of benzene rings is 1. The maximum atomic E-state index is 9.13. The molecule has 21 heavy (non-hydrogen) atoms. The minimum absolute atomic E-state index is 0.802. The van der Waals surface area contributed by atoms with Crippen LogP contribution in [0.4, 0.5) is 5.69 Å². The van der Waals surface area contributed by atoms with Gasteiger partial charge in [-0.05, 0) is 22.5 Å². The lowest BCUT2D eigenvalue weighted by Gasteiger charge is -2.39. The van der Waals surface area contributed by atoms with Crippen LogP contribution in [-0.2, 0) is 0 Å². The molecule has 1 aromatic rings. The molecule has 0 aliphatic rings. The highest BCUT2D eigenvalue weighted by molar-refractivity contribution is 7.60. The Labute approximate surface area is 127 Å². The maximum Gasteiger partial charge on any atom is 0.191 e. The van der Waals surface area contributed by atoms with Crippen LogP contribution >= 0.6 is 7.51 Å². The topological polar surface area (TPSA) is 67.6 Å². The number of hydrogen-bond acceptors (Lipinski definition) is 1. The molecule has 0 aromatic heterocycles. The van der Waals surface area contributed by atoms with E-state index in [1.54, 1.807) is 0 Å². The fourth-order valence-electron chi connectivity index (χ4n) is 2.35. The van der Waals surface area contributed by atoms with Gasteiger partial charge in [0.05, 0.1) is 5.69 Å². The van der Waals surface area contributed by atoms with Crippen LogP contribution in [0.1, 0.15) is 27.7 Å². The molecular weight excluding hydrogens is 283 g/mol. The lowest BCUT2D eigenvalue weighted by molar-refractivity contribution is 0.413. The largest absolute Gasteiger partial charge is 0.253 e. The van der Waals surface area contributed by atoms with Gasteiger partial charge in [0.2, 0.25) is 0 Å². The van der Waals surface area contributed by atoms with Crippen molar-refractivity contribution >= 4 is 13.2 Å². The predicted octanol–water partition coefficient (Wildman–Crippen LogP) is 5.26. The van der Waals surface area contributed by atoms with Gasteiger partial charge in [0.1, 0.15) is 0 Å². The molecule has 0 saturated carbocycles. The van der Waals surface area contributed by atoms with Gasteiger partial charge in [-0.1, -0.05) is 45.9 Å². The molecule has 0 unspecified atom stereocenters. The number of azide groups is 1. The third-order valence-corrected chi connectivity index (χ3v) is 6.85. The van der Waals surface area contributed by atoms with E-state index < -0.39 is 7.51 Å². The van der Waals surface area contributed by atoms with Crippen LogP contribution in [0.25, 0.3) is 10.4 Å². The van der Waals surface area contributed by atoms with Gasteiger partial charge in [0.25, 0.3) is 0 Å². The molecule has 0 fully saturated rings. The molecule has 116 valence electrons. The van der Waals surface area contributed by atoms with Crippen molar-refractivity contribution in [2.45, 2.75) is 27.7 Å². The molecule has 1 aromatic carbocycles. The second-order valence-electron chi connectivity index (χ2n) is 4.43. The van der Waals surface area contributed by atoms with E-state index in [9.17, 15) is 0 Å². The number of nitrogens with zero attached hydrogens (tertiary/aromatic N) is 6. The van der Waals surface area contributed by atoms with Crippen LogP contribution in [0.15, 0.2) is 40.0 Å². The zero-order chi connectivity index (χ0) is 15.7. The normalized spacial score (nSPS) is 11.5. The predicted molar refractivity (Wildman–Crippen MR) is 90.4 cm³/mol. The summed E-state index contributed by atoms with van der Waals surface area (Å²) in [6, 6.07) is 9.77. The van der Waals surface area contributed by atoms with Crippen LogP contribution in [-0.4, -0.2) is 35.5 Å². The van der Waals surface area contributed by atoms with E-state index in [2.05, 4.69) is 46.8 Å². The van der Waals surface area contributed by atoms with E-state index >= 15 is 0 Å². The third kappa shape index (κ3) is 4.08. The minimum atomic E-state index is -2.44. The summed E-state index contributed by atoms with van der Waals surface area (Å²) < 4.78 is 9.28. The first-order valence-electron chi connectivity index (χ1n) is 7.43. The smallest absolute Gasteiger partial charge is 0.191 e. The van der Waals surface area contributed by atoms with E-state index in [4.69, 9.17) is 10.3 Å². The van der Waals surface area contributed by atoms with Crippen molar-refractivity contribution in [2.24, 2.45) is 9.63 Å². The Balaban J connectivity index is 3.58. The van der Waals surface area contributed by atoms with E-state index in [0.717, 1.165) is 31.9 Å². The molecule has 0 radical (unpaired) electrons. The molecule has 6 nitrogen and oxygen atoms in total. The van der Waals surface area contributed by atoms with Gasteiger partial charge in [-0.2, -0.15) is 0 Å². The van der Waals surface area contributed by atoms with Crippen LogP contribution in [0.3, 0.4) is 0 Å². The van der Waals surface area contributed by atoms with Gasteiger partial charge >= 0.3 is 0 Å². The zero-order valence-electron chi connectivity index (χ0n) is 13.3. The third-order valence-electron chi connectivity index (χ3n) is 3.38. The molecular formula is C14H25N6P. The minimum Gasteiger partial charge on any atom is -0.253 e. The molecule has 0 N–H and O–H groups in total. The molecule has 0 spiro atoms. The number of rotatable bonds is 8. The SMILES string of the molecule is CCN(CC)P(N=[N+]=[N-])(=Nc1ccccc1)N(CC)CC. The Morgan fingerprint density at radius 1 is 0.952 bits per heavy atom. The molecule has 0 amide bonds. The first-order chi connectivity index (χ1) is 10.2. The highest BCUT2D eigenvalue weighted by Crippen LogP contribution is 2.59. The molecule has 1 rings (SSSR count). The van der Waals surface area contributed by atoms with Crippen molar-refractivity contribution in [3.05, 3.63) is 40.8 Å². The second-order valence-corrected chi connectivity index (χ2v) is 7.01. The molecule has 0 aliphatic carbocycles. The monoisotopic (exact) mass is 308 g/mol. The lowest BCUT2D eigenvalue weighted by Crippen LogP contribution is -2.30. The lowest BCUT2D eigenvalue weighted by atomic mass is 10.3. The van der Waals surface area contributed by atoms with E-state index in [-0.39, 0.29) is 0 Å². The van der Waals surface area contributed by atoms with Gasteiger partial charge in [-0.25, -0.2) is 4.74 Å². The van der Waals surface area contributed by atoms with Gasteiger partial charge in [0, 0.05) is 31.1 Å². The van der Waals surface area contributed by atoms with Gasteiger partial charge < -0.3 is 0 Å². The maximum absolute atomic E-state index is 9.13. The van der Waals surface area contributed by atoms with Gasteiger partial charge in [0.15, 0.2) is 7.51 Å². The van der Waals surface area contributed by atoms with Crippen LogP contribution in [0.2, 0.25) is 0 Å². The highest BCUT2D eigenvalue weighted by atomic mass is 31.2. The average molecular weight is 308 g/mol. The zero-order valence-corrected chi connectivity index (χ0v) is 14.2. The second kappa shape index (κ2) is 8.85. The highest BCUT2D eigenvalue weighted by Gasteiger charge is 2.30. The average Bonchev–Trinajstić information content (AvgIpc) is 2.51. The molecule has 0 atom stereocenters. The van der Waals surface area contributed by atoms with Crippen LogP contribution in [0, 0.1) is 0 Å². The van der Waals surface area contributed by atoms with Crippen molar-refractivity contribution in [2.75, 3.05) is 26.2 Å². The summed E-state index contributed by atoms with van der Waals surface area (Å²) >= 11 is 0. The summed E-state index contributed by atoms with van der Waals surface area (Å²) in [5.41, 5.74) is 9.99. The molecule has 0 heterocycles. The Hall–Kier alpha value is -1.32. The number of hydrogen-bond donors (Lipinski definition) is 0. The first kappa shape index (κ1) is 17.7. The molecule has 0 saturated heterocycles. The van der Waals surface area contributed by atoms with Crippen LogP contribution in [0.5, 0.6) is 0 Å². The quantitative estimate of drug-likeness (QED) is 0.284. The standard InChI is InChI=1S/C14H25N6P/c1-5-19(6-2)21(18-17-15,20(7-3)8-4)16-14-12-10-9-11-13-14/h9-13H,5-8H2,1-4H3. The Bertz CT molecular complexity index is 500. The summed E-state index contributed by atoms with van der Waals surface area (Å²) in [5.74, 6) is 0. The fraction of sp³-hybridized carbons (Fsp3) is 0.571. The molecule has 0 bridgehead atoms. The molecule has 7 heteroatoms. The summed E-state index contributed by atoms with van der Waals surface area (Å²) in [4.78, 5) is 7.35. The Morgan fingerprint density at radius 3 is 1.81 bits per heavy atom. The van der Waals surface area contributed by atoms with Crippen molar-refractivity contribution in [1.82, 2.24) is 9.34 Å². The Morgan fingerprint density at radius 2 is 1.43 bits per heavy atom. The summed E-state index contributed by atoms with van der Waals surface area (Å²) in [7, 11) is -2.44. The van der Waals surface area contributed by atoms with Crippen molar-refractivity contribution in [1.29, 1.82) is 0 Å². The van der Waals surface area contributed by atoms with Crippen LogP contribution < -0.4 is 0 Å². The first-order valence-corrected chi connectivity index (χ1v) is 9.03. The van der Waals surface area contributed by atoms with Gasteiger partial charge in [-0.3, -0.25) is 9.34 Å². The Kier molecular flexibility index (Phi) is 7.48. The van der Waals surface area contributed by atoms with E-state index in [1.165, 1.54) is 0 Å². The summed E-state index contributed by atoms with van der Waals surface area (Å²) in [6.45, 7) is 11.5. The van der Waals surface area contributed by atoms with E-state index in [0.29, 0.717) is 0 Å². The van der Waals surface area contributed by atoms with Gasteiger partial charge in [-0.15, -0.1) is 0 Å². The summed E-state index contributed by atoms with van der Waals surface area (Å²) in [6.07, 6.45) is 0.